The largest absolute Gasteiger partial charge is 0.502 e. The third kappa shape index (κ3) is 3.19. The Hall–Kier alpha value is -0.760. The summed E-state index contributed by atoms with van der Waals surface area (Å²) in [6.45, 7) is 10.3. The first-order chi connectivity index (χ1) is 11.4. The highest BCUT2D eigenvalue weighted by Crippen LogP contribution is 2.61. The van der Waals surface area contributed by atoms with Crippen LogP contribution in [0.4, 0.5) is 0 Å². The van der Waals surface area contributed by atoms with Crippen LogP contribution in [0.1, 0.15) is 72.6 Å². The molecule has 2 saturated carbocycles. The molecule has 2 fully saturated rings. The molecular weight excluding hydrogens is 296 g/mol. The van der Waals surface area contributed by atoms with Gasteiger partial charge in [0, 0.05) is 0 Å². The molecule has 0 radical (unpaired) electrons. The van der Waals surface area contributed by atoms with Crippen LogP contribution in [-0.4, -0.2) is 17.8 Å². The van der Waals surface area contributed by atoms with Crippen molar-refractivity contribution in [2.75, 3.05) is 6.61 Å². The molecule has 3 aliphatic carbocycles. The standard InChI is InChI=1S/C17H28O.C5H8O/c1-10-5-6-14-13(12(10)3)7-8-17(4)15(18)9-11(2)16(14)17;1-2-4-6-5-3-1/h11,13-16,18H,5-9H2,1-4H3;2,4H,1,3,5H2. The SMILES string of the molecule is C1=COCCC1.CC1=C(C)C2CCC3(C)C(O)CC(C)C3C2CC1. The predicted octanol–water partition coefficient (Wildman–Crippen LogP) is 5.48. The zero-order chi connectivity index (χ0) is 17.3. The fourth-order valence-electron chi connectivity index (χ4n) is 6.12. The Morgan fingerprint density at radius 1 is 1.25 bits per heavy atom. The number of fused-ring (bicyclic) bond motifs is 3. The second-order valence-corrected chi connectivity index (χ2v) is 8.96. The summed E-state index contributed by atoms with van der Waals surface area (Å²) in [4.78, 5) is 0. The van der Waals surface area contributed by atoms with Gasteiger partial charge in [0.15, 0.2) is 0 Å². The second-order valence-electron chi connectivity index (χ2n) is 8.96. The van der Waals surface area contributed by atoms with E-state index in [2.05, 4.69) is 27.7 Å². The molecule has 0 spiro atoms. The Labute approximate surface area is 148 Å². The number of aliphatic hydroxyl groups excluding tert-OH is 1. The van der Waals surface area contributed by atoms with Crippen molar-refractivity contribution in [3.8, 4) is 0 Å². The Morgan fingerprint density at radius 3 is 2.62 bits per heavy atom. The average molecular weight is 333 g/mol. The molecule has 0 aromatic carbocycles. The molecule has 6 unspecified atom stereocenters. The van der Waals surface area contributed by atoms with Crippen molar-refractivity contribution in [2.45, 2.75) is 78.7 Å². The van der Waals surface area contributed by atoms with E-state index in [9.17, 15) is 5.11 Å². The third-order valence-corrected chi connectivity index (χ3v) is 7.61. The quantitative estimate of drug-likeness (QED) is 0.595. The molecule has 1 aliphatic heterocycles. The van der Waals surface area contributed by atoms with Crippen LogP contribution in [0.5, 0.6) is 0 Å². The Bertz CT molecular complexity index is 498. The van der Waals surface area contributed by atoms with Gasteiger partial charge in [0.2, 0.25) is 0 Å². The highest BCUT2D eigenvalue weighted by atomic mass is 16.5. The van der Waals surface area contributed by atoms with Crippen molar-refractivity contribution in [1.82, 2.24) is 0 Å². The number of hydrogen-bond acceptors (Lipinski definition) is 2. The van der Waals surface area contributed by atoms with Crippen molar-refractivity contribution < 1.29 is 9.84 Å². The van der Waals surface area contributed by atoms with Gasteiger partial charge in [0.1, 0.15) is 0 Å². The first-order valence-electron chi connectivity index (χ1n) is 10.1. The van der Waals surface area contributed by atoms with Gasteiger partial charge in [0.05, 0.1) is 19.0 Å². The van der Waals surface area contributed by atoms with E-state index in [4.69, 9.17) is 4.74 Å². The number of rotatable bonds is 0. The van der Waals surface area contributed by atoms with E-state index in [1.807, 2.05) is 6.08 Å². The molecule has 0 bridgehead atoms. The molecule has 6 atom stereocenters. The maximum absolute atomic E-state index is 10.5. The van der Waals surface area contributed by atoms with E-state index < -0.39 is 0 Å². The fraction of sp³-hybridized carbons (Fsp3) is 0.818. The summed E-state index contributed by atoms with van der Waals surface area (Å²) in [7, 11) is 0. The molecule has 0 aromatic heterocycles. The number of ether oxygens (including phenoxy) is 1. The third-order valence-electron chi connectivity index (χ3n) is 7.61. The predicted molar refractivity (Wildman–Crippen MR) is 99.5 cm³/mol. The van der Waals surface area contributed by atoms with Crippen LogP contribution >= 0.6 is 0 Å². The minimum absolute atomic E-state index is 0.0502. The lowest BCUT2D eigenvalue weighted by molar-refractivity contribution is -0.0369. The molecule has 136 valence electrons. The fourth-order valence-corrected chi connectivity index (χ4v) is 6.12. The molecule has 0 aromatic rings. The van der Waals surface area contributed by atoms with Gasteiger partial charge in [-0.2, -0.15) is 0 Å². The minimum Gasteiger partial charge on any atom is -0.502 e. The molecular formula is C22H36O2. The van der Waals surface area contributed by atoms with Crippen LogP contribution in [-0.2, 0) is 4.74 Å². The van der Waals surface area contributed by atoms with Crippen LogP contribution in [0.15, 0.2) is 23.5 Å². The Balaban J connectivity index is 0.000000238. The zero-order valence-corrected chi connectivity index (χ0v) is 16.1. The van der Waals surface area contributed by atoms with Crippen LogP contribution in [0.3, 0.4) is 0 Å². The normalized spacial score (nSPS) is 44.1. The summed E-state index contributed by atoms with van der Waals surface area (Å²) in [6.07, 6.45) is 12.4. The molecule has 4 aliphatic rings. The van der Waals surface area contributed by atoms with Gasteiger partial charge in [-0.15, -0.1) is 0 Å². The minimum atomic E-state index is -0.0502. The van der Waals surface area contributed by atoms with E-state index in [1.165, 1.54) is 38.5 Å². The van der Waals surface area contributed by atoms with Gasteiger partial charge in [-0.05, 0) is 94.0 Å². The topological polar surface area (TPSA) is 29.5 Å². The zero-order valence-electron chi connectivity index (χ0n) is 16.1. The van der Waals surface area contributed by atoms with E-state index in [1.54, 1.807) is 17.4 Å². The number of allylic oxidation sites excluding steroid dienone is 3. The van der Waals surface area contributed by atoms with Crippen LogP contribution in [0.2, 0.25) is 0 Å². The number of aliphatic hydroxyl groups is 1. The highest BCUT2D eigenvalue weighted by molar-refractivity contribution is 5.21. The van der Waals surface area contributed by atoms with Crippen LogP contribution in [0, 0.1) is 29.1 Å². The van der Waals surface area contributed by atoms with Crippen molar-refractivity contribution in [3.63, 3.8) is 0 Å². The van der Waals surface area contributed by atoms with Gasteiger partial charge in [-0.3, -0.25) is 0 Å². The van der Waals surface area contributed by atoms with E-state index >= 15 is 0 Å². The van der Waals surface area contributed by atoms with Crippen molar-refractivity contribution >= 4 is 0 Å². The lowest BCUT2D eigenvalue weighted by Crippen LogP contribution is -2.45. The molecule has 1 heterocycles. The lowest BCUT2D eigenvalue weighted by atomic mass is 9.54. The first kappa shape index (κ1) is 18.0. The smallest absolute Gasteiger partial charge is 0.0876 e. The van der Waals surface area contributed by atoms with E-state index in [-0.39, 0.29) is 11.5 Å². The Morgan fingerprint density at radius 2 is 2.04 bits per heavy atom. The molecule has 24 heavy (non-hydrogen) atoms. The van der Waals surface area contributed by atoms with Gasteiger partial charge >= 0.3 is 0 Å². The van der Waals surface area contributed by atoms with Gasteiger partial charge < -0.3 is 9.84 Å². The summed E-state index contributed by atoms with van der Waals surface area (Å²) in [5.74, 6) is 3.14. The average Bonchev–Trinajstić information content (AvgIpc) is 2.83. The number of hydrogen-bond donors (Lipinski definition) is 1. The van der Waals surface area contributed by atoms with Gasteiger partial charge in [0.25, 0.3) is 0 Å². The van der Waals surface area contributed by atoms with Crippen molar-refractivity contribution in [1.29, 1.82) is 0 Å². The van der Waals surface area contributed by atoms with Gasteiger partial charge in [-0.1, -0.05) is 25.0 Å². The second kappa shape index (κ2) is 7.23. The molecule has 2 nitrogen and oxygen atoms in total. The lowest BCUT2D eigenvalue weighted by Gasteiger charge is -2.51. The maximum Gasteiger partial charge on any atom is 0.0876 e. The van der Waals surface area contributed by atoms with Crippen molar-refractivity contribution in [2.24, 2.45) is 29.1 Å². The molecule has 0 saturated heterocycles. The maximum atomic E-state index is 10.5. The molecule has 2 heteroatoms. The summed E-state index contributed by atoms with van der Waals surface area (Å²) in [5.41, 5.74) is 3.54. The molecule has 0 amide bonds. The van der Waals surface area contributed by atoms with Gasteiger partial charge in [-0.25, -0.2) is 0 Å². The monoisotopic (exact) mass is 332 g/mol. The summed E-state index contributed by atoms with van der Waals surface area (Å²) >= 11 is 0. The van der Waals surface area contributed by atoms with E-state index in [0.717, 1.165) is 30.8 Å². The molecule has 4 rings (SSSR count). The van der Waals surface area contributed by atoms with Crippen LogP contribution < -0.4 is 0 Å². The van der Waals surface area contributed by atoms with E-state index in [0.29, 0.717) is 5.92 Å². The Kier molecular flexibility index (Phi) is 5.44. The summed E-state index contributed by atoms with van der Waals surface area (Å²) in [6, 6.07) is 0. The molecule has 1 N–H and O–H groups in total. The highest BCUT2D eigenvalue weighted by Gasteiger charge is 2.56. The first-order valence-corrected chi connectivity index (χ1v) is 10.1. The van der Waals surface area contributed by atoms with Crippen molar-refractivity contribution in [3.05, 3.63) is 23.5 Å². The van der Waals surface area contributed by atoms with Crippen LogP contribution in [0.25, 0.3) is 0 Å². The summed E-state index contributed by atoms with van der Waals surface area (Å²) in [5, 5.41) is 10.5. The summed E-state index contributed by atoms with van der Waals surface area (Å²) < 4.78 is 4.89.